The molecule has 1 aliphatic carbocycles. The first-order valence-electron chi connectivity index (χ1n) is 8.12. The zero-order chi connectivity index (χ0) is 17.1. The lowest BCUT2D eigenvalue weighted by Crippen LogP contribution is -2.43. The number of amides is 1. The molecular formula is C18H20N2O3S. The summed E-state index contributed by atoms with van der Waals surface area (Å²) in [5.74, 6) is -1.16. The van der Waals surface area contributed by atoms with Crippen LogP contribution in [0.1, 0.15) is 31.0 Å². The minimum Gasteiger partial charge on any atom is -0.480 e. The van der Waals surface area contributed by atoms with E-state index < -0.39 is 12.0 Å². The molecule has 1 heterocycles. The van der Waals surface area contributed by atoms with Crippen molar-refractivity contribution in [3.8, 4) is 10.6 Å². The number of carboxylic acid groups (broad SMARTS) is 1. The van der Waals surface area contributed by atoms with Crippen LogP contribution in [0.4, 0.5) is 0 Å². The first-order valence-corrected chi connectivity index (χ1v) is 9.00. The Morgan fingerprint density at radius 1 is 1.33 bits per heavy atom. The van der Waals surface area contributed by atoms with E-state index in [1.54, 1.807) is 0 Å². The number of thiazole rings is 1. The summed E-state index contributed by atoms with van der Waals surface area (Å²) in [7, 11) is 0. The van der Waals surface area contributed by atoms with Crippen molar-refractivity contribution < 1.29 is 14.7 Å². The summed E-state index contributed by atoms with van der Waals surface area (Å²) >= 11 is 1.49. The van der Waals surface area contributed by atoms with Gasteiger partial charge in [0.2, 0.25) is 5.91 Å². The van der Waals surface area contributed by atoms with E-state index in [0.29, 0.717) is 5.69 Å². The second kappa shape index (κ2) is 7.13. The number of rotatable bonds is 7. The molecule has 1 aliphatic rings. The molecule has 1 fully saturated rings. The van der Waals surface area contributed by atoms with Crippen LogP contribution in [0.15, 0.2) is 29.6 Å². The fourth-order valence-corrected chi connectivity index (χ4v) is 3.43. The molecule has 1 unspecified atom stereocenters. The molecule has 3 rings (SSSR count). The average Bonchev–Trinajstić information content (AvgIpc) is 3.31. The number of nitrogens with one attached hydrogen (secondary N) is 1. The van der Waals surface area contributed by atoms with E-state index >= 15 is 0 Å². The van der Waals surface area contributed by atoms with E-state index in [1.807, 2.05) is 17.5 Å². The van der Waals surface area contributed by atoms with Crippen LogP contribution in [0.2, 0.25) is 0 Å². The Morgan fingerprint density at radius 3 is 2.62 bits per heavy atom. The second-order valence-electron chi connectivity index (χ2n) is 6.09. The van der Waals surface area contributed by atoms with Crippen LogP contribution >= 0.6 is 11.3 Å². The van der Waals surface area contributed by atoms with Gasteiger partial charge in [0, 0.05) is 10.9 Å². The topological polar surface area (TPSA) is 79.3 Å². The molecule has 0 spiro atoms. The molecule has 126 valence electrons. The van der Waals surface area contributed by atoms with Crippen molar-refractivity contribution in [2.75, 3.05) is 0 Å². The molecule has 1 aromatic carbocycles. The summed E-state index contributed by atoms with van der Waals surface area (Å²) in [5, 5.41) is 14.5. The lowest BCUT2D eigenvalue weighted by atomic mass is 10.1. The first kappa shape index (κ1) is 16.6. The van der Waals surface area contributed by atoms with E-state index in [4.69, 9.17) is 5.11 Å². The molecule has 1 amide bonds. The summed E-state index contributed by atoms with van der Waals surface area (Å²) in [6, 6.07) is 7.47. The number of nitrogens with zero attached hydrogens (tertiary/aromatic N) is 1. The van der Waals surface area contributed by atoms with Crippen LogP contribution in [0, 0.1) is 5.92 Å². The van der Waals surface area contributed by atoms with Crippen LogP contribution in [-0.4, -0.2) is 28.0 Å². The Bertz CT molecular complexity index is 735. The number of benzene rings is 1. The normalized spacial score (nSPS) is 15.0. The van der Waals surface area contributed by atoms with Gasteiger partial charge in [0.1, 0.15) is 11.0 Å². The highest BCUT2D eigenvalue weighted by atomic mass is 32.1. The number of carboxylic acids is 1. The third-order valence-electron chi connectivity index (χ3n) is 4.18. The monoisotopic (exact) mass is 344 g/mol. The molecule has 5 nitrogen and oxygen atoms in total. The largest absolute Gasteiger partial charge is 0.480 e. The number of hydrogen-bond acceptors (Lipinski definition) is 4. The van der Waals surface area contributed by atoms with E-state index in [1.165, 1.54) is 16.9 Å². The molecule has 0 saturated heterocycles. The van der Waals surface area contributed by atoms with E-state index in [9.17, 15) is 9.59 Å². The highest BCUT2D eigenvalue weighted by molar-refractivity contribution is 7.13. The number of aliphatic carboxylic acids is 1. The van der Waals surface area contributed by atoms with Crippen LogP contribution in [0.25, 0.3) is 10.6 Å². The van der Waals surface area contributed by atoms with Crippen LogP contribution < -0.4 is 5.32 Å². The first-order chi connectivity index (χ1) is 11.6. The third-order valence-corrected chi connectivity index (χ3v) is 5.12. The van der Waals surface area contributed by atoms with Crippen molar-refractivity contribution in [1.29, 1.82) is 0 Å². The Balaban J connectivity index is 1.62. The number of aromatic nitrogens is 1. The average molecular weight is 344 g/mol. The SMILES string of the molecule is CCc1ccc(-c2nc(CC(=O)NC(C(=O)O)C3CC3)cs2)cc1. The van der Waals surface area contributed by atoms with Crippen molar-refractivity contribution in [2.24, 2.45) is 5.92 Å². The number of hydrogen-bond donors (Lipinski definition) is 2. The van der Waals surface area contributed by atoms with Crippen LogP contribution in [0.5, 0.6) is 0 Å². The molecule has 6 heteroatoms. The van der Waals surface area contributed by atoms with E-state index in [2.05, 4.69) is 29.4 Å². The van der Waals surface area contributed by atoms with Gasteiger partial charge in [0.25, 0.3) is 0 Å². The minimum absolute atomic E-state index is 0.0783. The zero-order valence-electron chi connectivity index (χ0n) is 13.5. The lowest BCUT2D eigenvalue weighted by Gasteiger charge is -2.12. The van der Waals surface area contributed by atoms with Gasteiger partial charge in [-0.2, -0.15) is 0 Å². The van der Waals surface area contributed by atoms with E-state index in [0.717, 1.165) is 29.8 Å². The summed E-state index contributed by atoms with van der Waals surface area (Å²) in [6.07, 6.45) is 2.84. The van der Waals surface area contributed by atoms with E-state index in [-0.39, 0.29) is 18.2 Å². The molecule has 2 N–H and O–H groups in total. The predicted molar refractivity (Wildman–Crippen MR) is 92.9 cm³/mol. The maximum Gasteiger partial charge on any atom is 0.326 e. The van der Waals surface area contributed by atoms with Crippen molar-refractivity contribution >= 4 is 23.2 Å². The molecule has 0 bridgehead atoms. The molecule has 24 heavy (non-hydrogen) atoms. The van der Waals surface area contributed by atoms with Gasteiger partial charge in [-0.3, -0.25) is 4.79 Å². The van der Waals surface area contributed by atoms with Crippen molar-refractivity contribution in [3.63, 3.8) is 0 Å². The Labute approximate surface area is 144 Å². The van der Waals surface area contributed by atoms with Crippen LogP contribution in [0.3, 0.4) is 0 Å². The van der Waals surface area contributed by atoms with Gasteiger partial charge in [-0.05, 0) is 30.7 Å². The Hall–Kier alpha value is -2.21. The predicted octanol–water partition coefficient (Wildman–Crippen LogP) is 2.89. The summed E-state index contributed by atoms with van der Waals surface area (Å²) in [4.78, 5) is 27.8. The molecular weight excluding hydrogens is 324 g/mol. The van der Waals surface area contributed by atoms with Gasteiger partial charge >= 0.3 is 5.97 Å². The molecule has 0 aliphatic heterocycles. The number of carbonyl (C=O) groups is 2. The van der Waals surface area contributed by atoms with Gasteiger partial charge in [0.15, 0.2) is 0 Å². The number of aryl methyl sites for hydroxylation is 1. The van der Waals surface area contributed by atoms with Gasteiger partial charge in [-0.1, -0.05) is 31.2 Å². The minimum atomic E-state index is -0.958. The molecule has 1 atom stereocenters. The van der Waals surface area contributed by atoms with Gasteiger partial charge in [-0.15, -0.1) is 11.3 Å². The summed E-state index contributed by atoms with van der Waals surface area (Å²) in [5.41, 5.74) is 2.98. The fourth-order valence-electron chi connectivity index (χ4n) is 2.60. The highest BCUT2D eigenvalue weighted by Crippen LogP contribution is 2.32. The van der Waals surface area contributed by atoms with Crippen LogP contribution in [-0.2, 0) is 22.4 Å². The molecule has 2 aromatic rings. The summed E-state index contributed by atoms with van der Waals surface area (Å²) < 4.78 is 0. The van der Waals surface area contributed by atoms with Crippen molar-refractivity contribution in [1.82, 2.24) is 10.3 Å². The lowest BCUT2D eigenvalue weighted by molar-refractivity contribution is -0.142. The van der Waals surface area contributed by atoms with Crippen molar-refractivity contribution in [2.45, 2.75) is 38.6 Å². The maximum absolute atomic E-state index is 12.1. The standard InChI is InChI=1S/C18H20N2O3S/c1-2-11-3-5-13(6-4-11)17-19-14(10-24-17)9-15(21)20-16(18(22)23)12-7-8-12/h3-6,10,12,16H,2,7-9H2,1H3,(H,20,21)(H,22,23). The Morgan fingerprint density at radius 2 is 2.04 bits per heavy atom. The van der Waals surface area contributed by atoms with Gasteiger partial charge in [0.05, 0.1) is 12.1 Å². The molecule has 0 radical (unpaired) electrons. The van der Waals surface area contributed by atoms with Crippen molar-refractivity contribution in [3.05, 3.63) is 40.9 Å². The second-order valence-corrected chi connectivity index (χ2v) is 6.95. The zero-order valence-corrected chi connectivity index (χ0v) is 14.3. The van der Waals surface area contributed by atoms with Gasteiger partial charge < -0.3 is 10.4 Å². The maximum atomic E-state index is 12.1. The quantitative estimate of drug-likeness (QED) is 0.809. The summed E-state index contributed by atoms with van der Waals surface area (Å²) in [6.45, 7) is 2.11. The smallest absolute Gasteiger partial charge is 0.326 e. The molecule has 1 aromatic heterocycles. The Kier molecular flexibility index (Phi) is 4.94. The highest BCUT2D eigenvalue weighted by Gasteiger charge is 2.37. The third kappa shape index (κ3) is 4.00. The van der Waals surface area contributed by atoms with Gasteiger partial charge in [-0.25, -0.2) is 9.78 Å². The molecule has 1 saturated carbocycles. The fraction of sp³-hybridized carbons (Fsp3) is 0.389. The number of carbonyl (C=O) groups excluding carboxylic acids is 1.